The Morgan fingerprint density at radius 2 is 1.67 bits per heavy atom. The lowest BCUT2D eigenvalue weighted by molar-refractivity contribution is 0.0476. The van der Waals surface area contributed by atoms with Crippen LogP contribution in [0.25, 0.3) is 10.9 Å². The van der Waals surface area contributed by atoms with Gasteiger partial charge in [0.25, 0.3) is 11.8 Å². The molecule has 1 aliphatic heterocycles. The fourth-order valence-corrected chi connectivity index (χ4v) is 5.46. The number of nitrogens with one attached hydrogen (secondary N) is 1. The third-order valence-electron chi connectivity index (χ3n) is 7.25. The highest BCUT2D eigenvalue weighted by atomic mass is 35.5. The van der Waals surface area contributed by atoms with Gasteiger partial charge in [-0.3, -0.25) is 14.5 Å². The van der Waals surface area contributed by atoms with Crippen molar-refractivity contribution in [2.24, 2.45) is 0 Å². The van der Waals surface area contributed by atoms with Crippen LogP contribution in [0.2, 0.25) is 5.02 Å². The molecule has 39 heavy (non-hydrogen) atoms. The SMILES string of the molecule is COc1cc2ncnc(Nc3cccc(Cl)c3F)c2cc1O[C@H]1CC[C@H](N2C(=O)c3ccccc3C2=O)CC1. The maximum atomic E-state index is 14.5. The average molecular weight is 547 g/mol. The molecule has 4 aromatic rings. The first-order valence-electron chi connectivity index (χ1n) is 12.6. The van der Waals surface area contributed by atoms with Crippen molar-refractivity contribution in [1.82, 2.24) is 14.9 Å². The lowest BCUT2D eigenvalue weighted by Crippen LogP contribution is -2.43. The predicted octanol–water partition coefficient (Wildman–Crippen LogP) is 6.16. The summed E-state index contributed by atoms with van der Waals surface area (Å²) in [5.74, 6) is 0.357. The quantitative estimate of drug-likeness (QED) is 0.289. The molecule has 198 valence electrons. The lowest BCUT2D eigenvalue weighted by atomic mass is 9.91. The van der Waals surface area contributed by atoms with Gasteiger partial charge in [-0.15, -0.1) is 0 Å². The van der Waals surface area contributed by atoms with Gasteiger partial charge in [0.15, 0.2) is 17.3 Å². The highest BCUT2D eigenvalue weighted by Crippen LogP contribution is 2.38. The van der Waals surface area contributed by atoms with E-state index >= 15 is 0 Å². The van der Waals surface area contributed by atoms with Crippen LogP contribution in [0, 0.1) is 5.82 Å². The minimum Gasteiger partial charge on any atom is -0.493 e. The second kappa shape index (κ2) is 10.1. The topological polar surface area (TPSA) is 93.7 Å². The minimum atomic E-state index is -0.578. The third kappa shape index (κ3) is 4.52. The molecular weight excluding hydrogens is 523 g/mol. The van der Waals surface area contributed by atoms with Gasteiger partial charge in [0, 0.05) is 17.5 Å². The van der Waals surface area contributed by atoms with Crippen molar-refractivity contribution in [3.63, 3.8) is 0 Å². The Hall–Kier alpha value is -4.24. The molecule has 2 heterocycles. The smallest absolute Gasteiger partial charge is 0.261 e. The Kier molecular flexibility index (Phi) is 6.52. The summed E-state index contributed by atoms with van der Waals surface area (Å²) in [4.78, 5) is 35.8. The number of aromatic nitrogens is 2. The summed E-state index contributed by atoms with van der Waals surface area (Å²) >= 11 is 5.94. The van der Waals surface area contributed by atoms with E-state index in [9.17, 15) is 14.0 Å². The number of nitrogens with zero attached hydrogens (tertiary/aromatic N) is 3. The molecule has 1 aromatic heterocycles. The molecule has 0 atom stereocenters. The number of halogens is 2. The normalized spacial score (nSPS) is 18.8. The molecule has 3 aromatic carbocycles. The van der Waals surface area contributed by atoms with E-state index in [0.29, 0.717) is 65.0 Å². The van der Waals surface area contributed by atoms with Crippen LogP contribution in [0.3, 0.4) is 0 Å². The van der Waals surface area contributed by atoms with E-state index in [1.54, 1.807) is 55.6 Å². The first-order valence-corrected chi connectivity index (χ1v) is 13.0. The summed E-state index contributed by atoms with van der Waals surface area (Å²) in [6, 6.07) is 15.0. The molecule has 1 saturated carbocycles. The zero-order valence-corrected chi connectivity index (χ0v) is 21.7. The summed E-state index contributed by atoms with van der Waals surface area (Å²) in [6.07, 6.45) is 3.82. The number of ether oxygens (including phenoxy) is 2. The van der Waals surface area contributed by atoms with Crippen molar-refractivity contribution in [1.29, 1.82) is 0 Å². The van der Waals surface area contributed by atoms with E-state index in [1.165, 1.54) is 17.3 Å². The van der Waals surface area contributed by atoms with Crippen LogP contribution in [-0.2, 0) is 0 Å². The van der Waals surface area contributed by atoms with Crippen molar-refractivity contribution in [2.45, 2.75) is 37.8 Å². The number of imide groups is 1. The van der Waals surface area contributed by atoms with Crippen LogP contribution < -0.4 is 14.8 Å². The van der Waals surface area contributed by atoms with E-state index in [0.717, 1.165) is 0 Å². The Bertz CT molecular complexity index is 1570. The second-order valence-corrected chi connectivity index (χ2v) is 9.95. The van der Waals surface area contributed by atoms with E-state index in [-0.39, 0.29) is 34.7 Å². The molecule has 8 nitrogen and oxygen atoms in total. The van der Waals surface area contributed by atoms with Crippen LogP contribution in [0.15, 0.2) is 60.9 Å². The third-order valence-corrected chi connectivity index (χ3v) is 7.55. The molecule has 0 spiro atoms. The van der Waals surface area contributed by atoms with Crippen molar-refractivity contribution in [2.75, 3.05) is 12.4 Å². The van der Waals surface area contributed by atoms with Gasteiger partial charge in [-0.2, -0.15) is 0 Å². The van der Waals surface area contributed by atoms with Crippen molar-refractivity contribution >= 4 is 45.8 Å². The fourth-order valence-electron chi connectivity index (χ4n) is 5.28. The number of fused-ring (bicyclic) bond motifs is 2. The van der Waals surface area contributed by atoms with Gasteiger partial charge in [0.2, 0.25) is 0 Å². The molecule has 0 radical (unpaired) electrons. The van der Waals surface area contributed by atoms with Gasteiger partial charge >= 0.3 is 0 Å². The van der Waals surface area contributed by atoms with Crippen LogP contribution in [0.4, 0.5) is 15.9 Å². The maximum Gasteiger partial charge on any atom is 0.261 e. The van der Waals surface area contributed by atoms with Crippen LogP contribution in [-0.4, -0.2) is 45.9 Å². The van der Waals surface area contributed by atoms with Gasteiger partial charge in [-0.05, 0) is 56.0 Å². The van der Waals surface area contributed by atoms with Gasteiger partial charge in [-0.1, -0.05) is 29.8 Å². The molecular formula is C29H24ClFN4O4. The average Bonchev–Trinajstić information content (AvgIpc) is 3.21. The van der Waals surface area contributed by atoms with E-state index in [1.807, 2.05) is 0 Å². The van der Waals surface area contributed by atoms with Crippen molar-refractivity contribution < 1.29 is 23.5 Å². The van der Waals surface area contributed by atoms with Crippen LogP contribution >= 0.6 is 11.6 Å². The Labute approximate surface area is 228 Å². The number of methoxy groups -OCH3 is 1. The fraction of sp³-hybridized carbons (Fsp3) is 0.241. The highest BCUT2D eigenvalue weighted by molar-refractivity contribution is 6.31. The summed E-state index contributed by atoms with van der Waals surface area (Å²) in [5, 5.41) is 3.62. The Morgan fingerprint density at radius 3 is 2.36 bits per heavy atom. The summed E-state index contributed by atoms with van der Waals surface area (Å²) < 4.78 is 26.5. The standard InChI is InChI=1S/C29H24ClFN4O4/c1-38-24-14-23-20(27(33-15-32-23)34-22-8-4-7-21(30)26(22)31)13-25(24)39-17-11-9-16(10-12-17)35-28(36)18-5-2-3-6-19(18)29(35)37/h2-8,13-17H,9-12H2,1H3,(H,32,33,34)/t16-,17-. The Balaban J connectivity index is 1.21. The maximum absolute atomic E-state index is 14.5. The molecule has 2 amide bonds. The molecule has 0 bridgehead atoms. The van der Waals surface area contributed by atoms with E-state index in [2.05, 4.69) is 15.3 Å². The number of carbonyl (C=O) groups is 2. The molecule has 1 aliphatic carbocycles. The number of anilines is 2. The lowest BCUT2D eigenvalue weighted by Gasteiger charge is -2.33. The second-order valence-electron chi connectivity index (χ2n) is 9.54. The summed E-state index contributed by atoms with van der Waals surface area (Å²) in [6.45, 7) is 0. The monoisotopic (exact) mass is 546 g/mol. The summed E-state index contributed by atoms with van der Waals surface area (Å²) in [5.41, 5.74) is 1.71. The van der Waals surface area contributed by atoms with Gasteiger partial charge in [0.05, 0.1) is 40.6 Å². The van der Waals surface area contributed by atoms with Gasteiger partial charge in [-0.25, -0.2) is 14.4 Å². The first-order chi connectivity index (χ1) is 18.9. The van der Waals surface area contributed by atoms with Gasteiger partial charge < -0.3 is 14.8 Å². The summed E-state index contributed by atoms with van der Waals surface area (Å²) in [7, 11) is 1.55. The molecule has 0 saturated heterocycles. The molecule has 1 N–H and O–H groups in total. The minimum absolute atomic E-state index is 0.000802. The Morgan fingerprint density at radius 1 is 0.949 bits per heavy atom. The van der Waals surface area contributed by atoms with Gasteiger partial charge in [0.1, 0.15) is 12.1 Å². The first kappa shape index (κ1) is 25.1. The number of carbonyl (C=O) groups excluding carboxylic acids is 2. The number of hydrogen-bond acceptors (Lipinski definition) is 7. The number of benzene rings is 3. The molecule has 2 aliphatic rings. The molecule has 0 unspecified atom stereocenters. The van der Waals surface area contributed by atoms with E-state index < -0.39 is 5.82 Å². The molecule has 6 rings (SSSR count). The van der Waals surface area contributed by atoms with Crippen molar-refractivity contribution in [3.8, 4) is 11.5 Å². The van der Waals surface area contributed by atoms with Crippen LogP contribution in [0.1, 0.15) is 46.4 Å². The highest BCUT2D eigenvalue weighted by Gasteiger charge is 2.41. The zero-order chi connectivity index (χ0) is 27.1. The van der Waals surface area contributed by atoms with E-state index in [4.69, 9.17) is 21.1 Å². The number of hydrogen-bond donors (Lipinski definition) is 1. The molecule has 10 heteroatoms. The predicted molar refractivity (Wildman–Crippen MR) is 144 cm³/mol. The van der Waals surface area contributed by atoms with Crippen LogP contribution in [0.5, 0.6) is 11.5 Å². The zero-order valence-electron chi connectivity index (χ0n) is 21.0. The van der Waals surface area contributed by atoms with Crippen molar-refractivity contribution in [3.05, 3.63) is 82.9 Å². The molecule has 1 fully saturated rings. The largest absolute Gasteiger partial charge is 0.493 e. The number of amides is 2. The number of rotatable bonds is 6.